The van der Waals surface area contributed by atoms with Gasteiger partial charge in [0.2, 0.25) is 0 Å². The molecule has 2 N–H and O–H groups in total. The second kappa shape index (κ2) is 8.30. The fourth-order valence-corrected chi connectivity index (χ4v) is 6.08. The van der Waals surface area contributed by atoms with Crippen molar-refractivity contribution in [2.75, 3.05) is 13.1 Å². The Morgan fingerprint density at radius 2 is 1.97 bits per heavy atom. The molecule has 5 heterocycles. The fraction of sp³-hybridized carbons (Fsp3) is 0.414. The molecule has 1 unspecified atom stereocenters. The van der Waals surface area contributed by atoms with E-state index in [0.29, 0.717) is 18.6 Å². The van der Waals surface area contributed by atoms with E-state index in [-0.39, 0.29) is 5.91 Å². The summed E-state index contributed by atoms with van der Waals surface area (Å²) >= 11 is 0. The molecule has 1 aliphatic carbocycles. The summed E-state index contributed by atoms with van der Waals surface area (Å²) in [4.78, 5) is 23.5. The van der Waals surface area contributed by atoms with E-state index in [0.717, 1.165) is 48.4 Å². The summed E-state index contributed by atoms with van der Waals surface area (Å²) < 4.78 is 2.04. The summed E-state index contributed by atoms with van der Waals surface area (Å²) in [7, 11) is 0. The van der Waals surface area contributed by atoms with Crippen LogP contribution in [-0.2, 0) is 13.0 Å². The van der Waals surface area contributed by atoms with Gasteiger partial charge in [0.25, 0.3) is 5.91 Å². The fourth-order valence-electron chi connectivity index (χ4n) is 6.08. The number of aryl methyl sites for hydroxylation is 1. The maximum Gasteiger partial charge on any atom is 0.257 e. The summed E-state index contributed by atoms with van der Waals surface area (Å²) in [5.41, 5.74) is 10.3. The number of nitrogens with one attached hydrogen (secondary N) is 2. The predicted molar refractivity (Wildman–Crippen MR) is 140 cm³/mol. The van der Waals surface area contributed by atoms with Crippen LogP contribution < -0.4 is 5.32 Å². The minimum Gasteiger partial charge on any atom is -0.346 e. The highest BCUT2D eigenvalue weighted by Gasteiger charge is 2.32. The number of carbonyl (C=O) groups excluding carboxylic acids is 1. The van der Waals surface area contributed by atoms with Crippen molar-refractivity contribution in [2.24, 2.45) is 0 Å². The Labute approximate surface area is 210 Å². The molecular formula is C29H32N6O. The second-order valence-electron chi connectivity index (χ2n) is 10.7. The molecule has 0 bridgehead atoms. The number of aromatic nitrogens is 4. The second-order valence-corrected chi connectivity index (χ2v) is 10.7. The maximum absolute atomic E-state index is 13.6. The minimum atomic E-state index is 0.108. The molecule has 1 atom stereocenters. The highest BCUT2D eigenvalue weighted by Crippen LogP contribution is 2.38. The monoisotopic (exact) mass is 480 g/mol. The van der Waals surface area contributed by atoms with Crippen LogP contribution in [0.4, 0.5) is 0 Å². The Morgan fingerprint density at radius 1 is 1.08 bits per heavy atom. The third-order valence-corrected chi connectivity index (χ3v) is 8.34. The van der Waals surface area contributed by atoms with Crippen LogP contribution in [0.2, 0.25) is 0 Å². The van der Waals surface area contributed by atoms with Gasteiger partial charge in [-0.2, -0.15) is 5.10 Å². The third-order valence-electron chi connectivity index (χ3n) is 8.34. The number of H-pyrrole nitrogens is 1. The Hall–Kier alpha value is -3.45. The first-order valence-corrected chi connectivity index (χ1v) is 13.2. The number of fused-ring (bicyclic) bond motifs is 2. The quantitative estimate of drug-likeness (QED) is 0.431. The minimum absolute atomic E-state index is 0.108. The van der Waals surface area contributed by atoms with Crippen LogP contribution in [0.3, 0.4) is 0 Å². The van der Waals surface area contributed by atoms with Crippen LogP contribution in [0.1, 0.15) is 76.1 Å². The lowest BCUT2D eigenvalue weighted by Gasteiger charge is -2.32. The molecule has 3 aliphatic rings. The van der Waals surface area contributed by atoms with Gasteiger partial charge < -0.3 is 15.2 Å². The number of hydrogen-bond acceptors (Lipinski definition) is 4. The van der Waals surface area contributed by atoms with Gasteiger partial charge in [0.05, 0.1) is 17.8 Å². The van der Waals surface area contributed by atoms with Gasteiger partial charge in [0, 0.05) is 48.2 Å². The molecule has 2 aliphatic heterocycles. The molecule has 1 saturated carbocycles. The number of carbonyl (C=O) groups is 1. The Kier molecular flexibility index (Phi) is 5.03. The standard InChI is InChI=1S/C29H32N6O/c1-17-13-31-28-23(17)12-21(14-32-28)20-10-19-7-9-34(16-26(19)24(11-20)27-4-3-8-30-27)29(36)25-15-33-35(18(25)2)22-5-6-22/h10-15,22,27,30H,3-9,16H2,1-2H3,(H,31,32). The van der Waals surface area contributed by atoms with Crippen molar-refractivity contribution < 1.29 is 4.79 Å². The van der Waals surface area contributed by atoms with Gasteiger partial charge >= 0.3 is 0 Å². The van der Waals surface area contributed by atoms with E-state index < -0.39 is 0 Å². The topological polar surface area (TPSA) is 78.8 Å². The molecule has 36 heavy (non-hydrogen) atoms. The van der Waals surface area contributed by atoms with E-state index in [1.54, 1.807) is 6.20 Å². The molecule has 7 nitrogen and oxygen atoms in total. The number of pyridine rings is 1. The summed E-state index contributed by atoms with van der Waals surface area (Å²) in [6.07, 6.45) is 11.3. The van der Waals surface area contributed by atoms with Crippen LogP contribution >= 0.6 is 0 Å². The van der Waals surface area contributed by atoms with Crippen LogP contribution in [-0.4, -0.2) is 43.6 Å². The zero-order chi connectivity index (χ0) is 24.4. The van der Waals surface area contributed by atoms with E-state index in [2.05, 4.69) is 45.5 Å². The lowest BCUT2D eigenvalue weighted by molar-refractivity contribution is 0.0733. The maximum atomic E-state index is 13.6. The molecule has 0 spiro atoms. The smallest absolute Gasteiger partial charge is 0.257 e. The Balaban J connectivity index is 1.25. The van der Waals surface area contributed by atoms with Crippen molar-refractivity contribution in [3.05, 3.63) is 70.3 Å². The first kappa shape index (κ1) is 21.8. The normalized spacial score (nSPS) is 19.7. The van der Waals surface area contributed by atoms with Gasteiger partial charge in [-0.15, -0.1) is 0 Å². The third kappa shape index (κ3) is 3.56. The lowest BCUT2D eigenvalue weighted by Crippen LogP contribution is -2.37. The summed E-state index contributed by atoms with van der Waals surface area (Å²) in [5, 5.41) is 9.42. The van der Waals surface area contributed by atoms with Crippen molar-refractivity contribution in [1.82, 2.24) is 30.0 Å². The van der Waals surface area contributed by atoms with E-state index in [4.69, 9.17) is 0 Å². The largest absolute Gasteiger partial charge is 0.346 e. The zero-order valence-corrected chi connectivity index (χ0v) is 21.0. The van der Waals surface area contributed by atoms with Crippen molar-refractivity contribution in [1.29, 1.82) is 0 Å². The van der Waals surface area contributed by atoms with Gasteiger partial charge in [0.1, 0.15) is 5.65 Å². The van der Waals surface area contributed by atoms with Crippen LogP contribution in [0.15, 0.2) is 36.8 Å². The first-order valence-electron chi connectivity index (χ1n) is 13.2. The molecule has 184 valence electrons. The highest BCUT2D eigenvalue weighted by atomic mass is 16.2. The highest BCUT2D eigenvalue weighted by molar-refractivity contribution is 5.95. The molecule has 0 radical (unpaired) electrons. The molecule has 2 fully saturated rings. The molecule has 7 heteroatoms. The SMILES string of the molecule is Cc1c[nH]c2ncc(-c3cc4c(c(C5CCCN5)c3)CN(C(=O)c3cnn(C5CC5)c3C)CC4)cc12. The zero-order valence-electron chi connectivity index (χ0n) is 21.0. The lowest BCUT2D eigenvalue weighted by atomic mass is 9.87. The van der Waals surface area contributed by atoms with Crippen LogP contribution in [0.25, 0.3) is 22.2 Å². The van der Waals surface area contributed by atoms with Gasteiger partial charge in [0.15, 0.2) is 0 Å². The van der Waals surface area contributed by atoms with E-state index in [1.165, 1.54) is 52.5 Å². The van der Waals surface area contributed by atoms with Crippen LogP contribution in [0.5, 0.6) is 0 Å². The van der Waals surface area contributed by atoms with Gasteiger partial charge in [-0.25, -0.2) is 4.98 Å². The number of aromatic amines is 1. The summed E-state index contributed by atoms with van der Waals surface area (Å²) in [5.74, 6) is 0.108. The Bertz CT molecular complexity index is 1490. The molecule has 1 aromatic carbocycles. The van der Waals surface area contributed by atoms with Gasteiger partial charge in [-0.3, -0.25) is 9.48 Å². The van der Waals surface area contributed by atoms with E-state index in [9.17, 15) is 4.79 Å². The van der Waals surface area contributed by atoms with E-state index >= 15 is 0 Å². The molecule has 3 aromatic heterocycles. The van der Waals surface area contributed by atoms with Crippen LogP contribution in [0, 0.1) is 13.8 Å². The number of hydrogen-bond donors (Lipinski definition) is 2. The molecule has 4 aromatic rings. The molecular weight excluding hydrogens is 448 g/mol. The average Bonchev–Trinajstić information content (AvgIpc) is 3.27. The number of nitrogens with zero attached hydrogens (tertiary/aromatic N) is 4. The number of benzene rings is 1. The van der Waals surface area contributed by atoms with E-state index in [1.807, 2.05) is 28.9 Å². The van der Waals surface area contributed by atoms with Crippen molar-refractivity contribution >= 4 is 16.9 Å². The van der Waals surface area contributed by atoms with Crippen molar-refractivity contribution in [3.8, 4) is 11.1 Å². The molecule has 1 saturated heterocycles. The van der Waals surface area contributed by atoms with Gasteiger partial charge in [-0.1, -0.05) is 6.07 Å². The Morgan fingerprint density at radius 3 is 2.78 bits per heavy atom. The molecule has 7 rings (SSSR count). The van der Waals surface area contributed by atoms with Crippen molar-refractivity contribution in [2.45, 2.75) is 64.6 Å². The van der Waals surface area contributed by atoms with Crippen molar-refractivity contribution in [3.63, 3.8) is 0 Å². The average molecular weight is 481 g/mol. The summed E-state index contributed by atoms with van der Waals surface area (Å²) in [6, 6.07) is 7.74. The molecule has 1 amide bonds. The van der Waals surface area contributed by atoms with Gasteiger partial charge in [-0.05, 0) is 92.4 Å². The number of rotatable bonds is 4. The number of amides is 1. The first-order chi connectivity index (χ1) is 17.6. The predicted octanol–water partition coefficient (Wildman–Crippen LogP) is 5.00. The summed E-state index contributed by atoms with van der Waals surface area (Å²) in [6.45, 7) is 6.58.